The molecule has 1 heterocycles. The van der Waals surface area contributed by atoms with Crippen LogP contribution in [0.3, 0.4) is 0 Å². The lowest BCUT2D eigenvalue weighted by Crippen LogP contribution is -2.12. The lowest BCUT2D eigenvalue weighted by Gasteiger charge is -2.18. The standard InChI is InChI=1S/C26H24BrClN4O4S/c1-16-4-6-18(7-5-16)15-36-25-22(27)12-19(13-23(25)35-3)24(14-31(33)34)37-26-30-29-17(2)32(26)21-10-8-20(28)9-11-21/h4-13,24H,14-15H2,1-3H3/t24-/m1/s1. The molecule has 0 aliphatic rings. The van der Waals surface area contributed by atoms with E-state index in [0.717, 1.165) is 11.3 Å². The molecule has 11 heteroatoms. The zero-order valence-electron chi connectivity index (χ0n) is 20.4. The fourth-order valence-corrected chi connectivity index (χ4v) is 5.54. The van der Waals surface area contributed by atoms with Gasteiger partial charge in [-0.05, 0) is 77.3 Å². The van der Waals surface area contributed by atoms with E-state index < -0.39 is 5.25 Å². The van der Waals surface area contributed by atoms with Crippen LogP contribution in [0.4, 0.5) is 0 Å². The van der Waals surface area contributed by atoms with E-state index in [2.05, 4.69) is 26.1 Å². The summed E-state index contributed by atoms with van der Waals surface area (Å²) in [6.07, 6.45) is 0. The van der Waals surface area contributed by atoms with Crippen molar-refractivity contribution < 1.29 is 14.4 Å². The van der Waals surface area contributed by atoms with Crippen LogP contribution < -0.4 is 9.47 Å². The Hall–Kier alpha value is -3.08. The van der Waals surface area contributed by atoms with Gasteiger partial charge in [-0.15, -0.1) is 10.2 Å². The Kier molecular flexibility index (Phi) is 8.73. The molecule has 8 nitrogen and oxygen atoms in total. The van der Waals surface area contributed by atoms with Gasteiger partial charge in [0.15, 0.2) is 16.7 Å². The molecule has 3 aromatic carbocycles. The molecule has 0 radical (unpaired) electrons. The van der Waals surface area contributed by atoms with Crippen LogP contribution in [-0.4, -0.2) is 33.3 Å². The molecular formula is C26H24BrClN4O4S. The van der Waals surface area contributed by atoms with Crippen LogP contribution in [0.25, 0.3) is 5.69 Å². The zero-order valence-corrected chi connectivity index (χ0v) is 23.5. The first kappa shape index (κ1) is 27.0. The molecular weight excluding hydrogens is 580 g/mol. The number of aryl methyl sites for hydroxylation is 2. The van der Waals surface area contributed by atoms with Gasteiger partial charge in [-0.2, -0.15) is 0 Å². The monoisotopic (exact) mass is 602 g/mol. The van der Waals surface area contributed by atoms with Gasteiger partial charge in [0, 0.05) is 15.6 Å². The normalized spacial score (nSPS) is 11.8. The Balaban J connectivity index is 1.64. The van der Waals surface area contributed by atoms with E-state index in [9.17, 15) is 10.1 Å². The molecule has 4 aromatic rings. The van der Waals surface area contributed by atoms with Crippen molar-refractivity contribution in [2.75, 3.05) is 13.7 Å². The van der Waals surface area contributed by atoms with Gasteiger partial charge < -0.3 is 9.47 Å². The van der Waals surface area contributed by atoms with Crippen molar-refractivity contribution in [1.29, 1.82) is 0 Å². The third-order valence-electron chi connectivity index (χ3n) is 5.57. The summed E-state index contributed by atoms with van der Waals surface area (Å²) < 4.78 is 14.2. The van der Waals surface area contributed by atoms with Gasteiger partial charge in [0.2, 0.25) is 6.54 Å². The summed E-state index contributed by atoms with van der Waals surface area (Å²) in [4.78, 5) is 11.3. The smallest absolute Gasteiger partial charge is 0.220 e. The predicted octanol–water partition coefficient (Wildman–Crippen LogP) is 7.00. The zero-order chi connectivity index (χ0) is 26.5. The highest BCUT2D eigenvalue weighted by Crippen LogP contribution is 2.43. The summed E-state index contributed by atoms with van der Waals surface area (Å²) in [5.41, 5.74) is 3.69. The Morgan fingerprint density at radius 2 is 1.81 bits per heavy atom. The molecule has 0 saturated carbocycles. The van der Waals surface area contributed by atoms with Crippen molar-refractivity contribution in [3.05, 3.63) is 103 Å². The fourth-order valence-electron chi connectivity index (χ4n) is 3.69. The van der Waals surface area contributed by atoms with Crippen molar-refractivity contribution in [2.24, 2.45) is 0 Å². The summed E-state index contributed by atoms with van der Waals surface area (Å²) in [6, 6.07) is 18.9. The average molecular weight is 604 g/mol. The maximum Gasteiger partial charge on any atom is 0.220 e. The number of thioether (sulfide) groups is 1. The highest BCUT2D eigenvalue weighted by molar-refractivity contribution is 9.10. The van der Waals surface area contributed by atoms with E-state index in [1.807, 2.05) is 60.9 Å². The third-order valence-corrected chi connectivity index (χ3v) is 7.59. The number of aromatic nitrogens is 3. The molecule has 0 unspecified atom stereocenters. The first-order chi connectivity index (χ1) is 17.7. The Labute approximate surface area is 232 Å². The number of methoxy groups -OCH3 is 1. The highest BCUT2D eigenvalue weighted by Gasteiger charge is 2.26. The summed E-state index contributed by atoms with van der Waals surface area (Å²) in [6.45, 7) is 3.89. The maximum atomic E-state index is 11.6. The summed E-state index contributed by atoms with van der Waals surface area (Å²) in [5.74, 6) is 1.65. The highest BCUT2D eigenvalue weighted by atomic mass is 79.9. The Bertz CT molecular complexity index is 1400. The number of benzene rings is 3. The lowest BCUT2D eigenvalue weighted by molar-refractivity contribution is -0.479. The number of hydrogen-bond acceptors (Lipinski definition) is 7. The molecule has 1 aromatic heterocycles. The van der Waals surface area contributed by atoms with Crippen LogP contribution in [0.2, 0.25) is 5.02 Å². The minimum atomic E-state index is -0.569. The summed E-state index contributed by atoms with van der Waals surface area (Å²) in [7, 11) is 1.54. The summed E-state index contributed by atoms with van der Waals surface area (Å²) in [5, 5.41) is 20.7. The second kappa shape index (κ2) is 12.0. The first-order valence-corrected chi connectivity index (χ1v) is 13.3. The number of hydrogen-bond donors (Lipinski definition) is 0. The van der Waals surface area contributed by atoms with E-state index in [4.69, 9.17) is 21.1 Å². The van der Waals surface area contributed by atoms with Gasteiger partial charge in [0.25, 0.3) is 0 Å². The lowest BCUT2D eigenvalue weighted by atomic mass is 10.1. The van der Waals surface area contributed by atoms with E-state index in [0.29, 0.717) is 44.1 Å². The second-order valence-corrected chi connectivity index (χ2v) is 10.7. The second-order valence-electron chi connectivity index (χ2n) is 8.27. The molecule has 0 bridgehead atoms. The van der Waals surface area contributed by atoms with Crippen molar-refractivity contribution in [1.82, 2.24) is 14.8 Å². The molecule has 1 atom stereocenters. The average Bonchev–Trinajstić information content (AvgIpc) is 3.23. The molecule has 0 N–H and O–H groups in total. The quantitative estimate of drug-likeness (QED) is 0.109. The van der Waals surface area contributed by atoms with Crippen LogP contribution >= 0.6 is 39.3 Å². The minimum absolute atomic E-state index is 0.323. The molecule has 0 fully saturated rings. The van der Waals surface area contributed by atoms with Crippen molar-refractivity contribution in [3.63, 3.8) is 0 Å². The predicted molar refractivity (Wildman–Crippen MR) is 148 cm³/mol. The van der Waals surface area contributed by atoms with Crippen molar-refractivity contribution >= 4 is 39.3 Å². The Morgan fingerprint density at radius 1 is 1.11 bits per heavy atom. The van der Waals surface area contributed by atoms with Gasteiger partial charge in [-0.3, -0.25) is 14.7 Å². The fraction of sp³-hybridized carbons (Fsp3) is 0.231. The molecule has 0 aliphatic carbocycles. The first-order valence-electron chi connectivity index (χ1n) is 11.3. The van der Waals surface area contributed by atoms with E-state index in [-0.39, 0.29) is 11.5 Å². The number of nitro groups is 1. The van der Waals surface area contributed by atoms with Gasteiger partial charge in [-0.25, -0.2) is 0 Å². The van der Waals surface area contributed by atoms with E-state index in [1.54, 1.807) is 25.3 Å². The maximum absolute atomic E-state index is 11.6. The van der Waals surface area contributed by atoms with Crippen molar-refractivity contribution in [3.8, 4) is 17.2 Å². The topological polar surface area (TPSA) is 92.3 Å². The van der Waals surface area contributed by atoms with Crippen molar-refractivity contribution in [2.45, 2.75) is 30.9 Å². The molecule has 37 heavy (non-hydrogen) atoms. The number of nitrogens with zero attached hydrogens (tertiary/aromatic N) is 4. The molecule has 192 valence electrons. The molecule has 0 saturated heterocycles. The minimum Gasteiger partial charge on any atom is -0.493 e. The van der Waals surface area contributed by atoms with Crippen LogP contribution in [-0.2, 0) is 6.61 Å². The molecule has 0 aliphatic heterocycles. The van der Waals surface area contributed by atoms with Crippen LogP contribution in [0, 0.1) is 24.0 Å². The third kappa shape index (κ3) is 6.63. The van der Waals surface area contributed by atoms with Crippen LogP contribution in [0.1, 0.15) is 27.8 Å². The molecule has 4 rings (SSSR count). The molecule has 0 spiro atoms. The number of rotatable bonds is 10. The Morgan fingerprint density at radius 3 is 2.46 bits per heavy atom. The van der Waals surface area contributed by atoms with E-state index >= 15 is 0 Å². The van der Waals surface area contributed by atoms with Gasteiger partial charge in [0.05, 0.1) is 11.6 Å². The van der Waals surface area contributed by atoms with Gasteiger partial charge >= 0.3 is 0 Å². The van der Waals surface area contributed by atoms with Crippen LogP contribution in [0.15, 0.2) is 70.3 Å². The van der Waals surface area contributed by atoms with Gasteiger partial charge in [0.1, 0.15) is 17.7 Å². The van der Waals surface area contributed by atoms with Crippen LogP contribution in [0.5, 0.6) is 11.5 Å². The number of ether oxygens (including phenoxy) is 2. The number of halogens is 2. The van der Waals surface area contributed by atoms with E-state index in [1.165, 1.54) is 17.3 Å². The SMILES string of the molecule is COc1cc([C@@H](C[N+](=O)[O-])Sc2nnc(C)n2-c2ccc(Cl)cc2)cc(Br)c1OCc1ccc(C)cc1. The van der Waals surface area contributed by atoms with Gasteiger partial charge in [-0.1, -0.05) is 53.2 Å². The largest absolute Gasteiger partial charge is 0.493 e. The molecule has 0 amide bonds. The summed E-state index contributed by atoms with van der Waals surface area (Å²) >= 11 is 10.9.